The Bertz CT molecular complexity index is 528. The second kappa shape index (κ2) is 10.2. The fourth-order valence-corrected chi connectivity index (χ4v) is 4.44. The number of hydrogen-bond donors (Lipinski definition) is 5. The molecular weight excluding hydrogens is 368 g/mol. The van der Waals surface area contributed by atoms with Crippen LogP contribution in [-0.4, -0.2) is 76.0 Å². The lowest BCUT2D eigenvalue weighted by Crippen LogP contribution is -2.64. The van der Waals surface area contributed by atoms with Crippen LogP contribution in [-0.2, 0) is 9.53 Å². The third-order valence-electron chi connectivity index (χ3n) is 5.33. The maximum absolute atomic E-state index is 12.9. The van der Waals surface area contributed by atoms with Gasteiger partial charge in [0.05, 0.1) is 12.1 Å². The van der Waals surface area contributed by atoms with Gasteiger partial charge in [-0.05, 0) is 38.0 Å². The van der Waals surface area contributed by atoms with Gasteiger partial charge in [-0.3, -0.25) is 4.79 Å². The number of ether oxygens (including phenoxy) is 1. The Hall–Kier alpha value is -0.640. The van der Waals surface area contributed by atoms with Crippen LogP contribution < -0.4 is 10.6 Å². The Morgan fingerprint density at radius 1 is 1.33 bits per heavy atom. The molecule has 0 radical (unpaired) electrons. The van der Waals surface area contributed by atoms with Crippen LogP contribution in [0.2, 0.25) is 0 Å². The number of hydrogen-bond acceptors (Lipinski definition) is 7. The van der Waals surface area contributed by atoms with E-state index in [1.54, 1.807) is 6.26 Å². The van der Waals surface area contributed by atoms with Gasteiger partial charge >= 0.3 is 0 Å². The maximum atomic E-state index is 12.9. The summed E-state index contributed by atoms with van der Waals surface area (Å²) < 4.78 is 5.86. The molecule has 0 aromatic rings. The molecule has 2 rings (SSSR count). The van der Waals surface area contributed by atoms with E-state index in [2.05, 4.69) is 23.6 Å². The largest absolute Gasteiger partial charge is 0.388 e. The quantitative estimate of drug-likeness (QED) is 0.409. The molecule has 2 fully saturated rings. The zero-order valence-corrected chi connectivity index (χ0v) is 17.4. The minimum absolute atomic E-state index is 0.0206. The summed E-state index contributed by atoms with van der Waals surface area (Å²) in [4.78, 5) is 12.9. The topological polar surface area (TPSA) is 111 Å². The van der Waals surface area contributed by atoms with Crippen molar-refractivity contribution in [3.63, 3.8) is 0 Å². The van der Waals surface area contributed by atoms with E-state index in [0.717, 1.165) is 19.4 Å². The Balaban J connectivity index is 2.10. The molecule has 8 heteroatoms. The van der Waals surface area contributed by atoms with Gasteiger partial charge in [0.1, 0.15) is 29.9 Å². The van der Waals surface area contributed by atoms with Crippen LogP contribution in [0.4, 0.5) is 0 Å². The molecule has 0 bridgehead atoms. The summed E-state index contributed by atoms with van der Waals surface area (Å²) in [6, 6.07) is -0.794. The molecule has 2 aliphatic rings. The number of aliphatic hydroxyl groups excluding tert-OH is 3. The molecule has 156 valence electrons. The van der Waals surface area contributed by atoms with Crippen molar-refractivity contribution < 1.29 is 24.9 Å². The van der Waals surface area contributed by atoms with Gasteiger partial charge in [-0.25, -0.2) is 0 Å². The third-order valence-corrected chi connectivity index (χ3v) is 6.19. The highest BCUT2D eigenvalue weighted by Gasteiger charge is 2.47. The highest BCUT2D eigenvalue weighted by Crippen LogP contribution is 2.30. The average Bonchev–Trinajstić information content (AvgIpc) is 2.65. The van der Waals surface area contributed by atoms with Crippen molar-refractivity contribution in [2.24, 2.45) is 5.92 Å². The van der Waals surface area contributed by atoms with Crippen molar-refractivity contribution in [1.29, 1.82) is 0 Å². The molecule has 0 aliphatic carbocycles. The number of carbonyl (C=O) groups excluding carboxylic acids is 1. The lowest BCUT2D eigenvalue weighted by atomic mass is 9.88. The van der Waals surface area contributed by atoms with E-state index >= 15 is 0 Å². The van der Waals surface area contributed by atoms with Crippen molar-refractivity contribution >= 4 is 17.7 Å². The van der Waals surface area contributed by atoms with Crippen LogP contribution >= 0.6 is 11.8 Å². The van der Waals surface area contributed by atoms with E-state index in [4.69, 9.17) is 4.74 Å². The molecule has 2 aliphatic heterocycles. The number of carbonyl (C=O) groups is 1. The summed E-state index contributed by atoms with van der Waals surface area (Å²) >= 11 is 1.27. The summed E-state index contributed by atoms with van der Waals surface area (Å²) in [6.07, 6.45) is 1.98. The molecule has 5 N–H and O–H groups in total. The molecule has 7 atom stereocenters. The normalized spacial score (nSPS) is 37.4. The van der Waals surface area contributed by atoms with E-state index in [1.807, 2.05) is 13.8 Å². The number of nitrogens with one attached hydrogen (secondary N) is 2. The van der Waals surface area contributed by atoms with E-state index in [-0.39, 0.29) is 17.9 Å². The molecule has 0 aromatic heterocycles. The van der Waals surface area contributed by atoms with Crippen molar-refractivity contribution in [2.45, 2.75) is 82.0 Å². The molecule has 0 spiro atoms. The summed E-state index contributed by atoms with van der Waals surface area (Å²) in [5, 5.41) is 37.0. The van der Waals surface area contributed by atoms with Gasteiger partial charge in [0.2, 0.25) is 5.91 Å². The number of allylic oxidation sites excluding steroid dienone is 1. The second-order valence-corrected chi connectivity index (χ2v) is 8.62. The molecule has 7 nitrogen and oxygen atoms in total. The van der Waals surface area contributed by atoms with Crippen molar-refractivity contribution in [3.8, 4) is 0 Å². The molecule has 27 heavy (non-hydrogen) atoms. The first-order chi connectivity index (χ1) is 12.8. The van der Waals surface area contributed by atoms with Gasteiger partial charge in [0, 0.05) is 0 Å². The Kier molecular flexibility index (Phi) is 8.58. The van der Waals surface area contributed by atoms with Crippen LogP contribution in [0.25, 0.3) is 0 Å². The predicted octanol–water partition coefficient (Wildman–Crippen LogP) is 0.386. The predicted molar refractivity (Wildman–Crippen MR) is 106 cm³/mol. The second-order valence-electron chi connectivity index (χ2n) is 7.69. The summed E-state index contributed by atoms with van der Waals surface area (Å²) in [5.74, 6) is -0.152. The van der Waals surface area contributed by atoms with Crippen molar-refractivity contribution in [2.75, 3.05) is 12.8 Å². The number of piperidine rings is 1. The minimum Gasteiger partial charge on any atom is -0.388 e. The van der Waals surface area contributed by atoms with Gasteiger partial charge in [-0.15, -0.1) is 11.8 Å². The fraction of sp³-hybridized carbons (Fsp3) is 0.842. The Labute approximate surface area is 165 Å². The van der Waals surface area contributed by atoms with Gasteiger partial charge < -0.3 is 30.7 Å². The van der Waals surface area contributed by atoms with Gasteiger partial charge in [0.15, 0.2) is 0 Å². The maximum Gasteiger partial charge on any atom is 0.237 e. The highest BCUT2D eigenvalue weighted by atomic mass is 32.2. The van der Waals surface area contributed by atoms with E-state index in [0.29, 0.717) is 6.42 Å². The zero-order chi connectivity index (χ0) is 20.1. The van der Waals surface area contributed by atoms with E-state index in [1.165, 1.54) is 17.3 Å². The summed E-state index contributed by atoms with van der Waals surface area (Å²) in [5.41, 5.74) is 0.630. The molecule has 1 amide bonds. The molecule has 0 saturated carbocycles. The van der Waals surface area contributed by atoms with Crippen LogP contribution in [0, 0.1) is 5.92 Å². The smallest absolute Gasteiger partial charge is 0.237 e. The molecule has 2 saturated heterocycles. The zero-order valence-electron chi connectivity index (χ0n) is 16.6. The summed E-state index contributed by atoms with van der Waals surface area (Å²) in [6.45, 7) is 6.72. The lowest BCUT2D eigenvalue weighted by molar-refractivity contribution is -0.208. The van der Waals surface area contributed by atoms with Gasteiger partial charge in [-0.2, -0.15) is 0 Å². The Morgan fingerprint density at radius 3 is 2.63 bits per heavy atom. The molecular formula is C19H34N2O5S. The number of thioether (sulfide) groups is 1. The highest BCUT2D eigenvalue weighted by molar-refractivity contribution is 7.99. The Morgan fingerprint density at radius 2 is 2.04 bits per heavy atom. The molecule has 0 aromatic carbocycles. The van der Waals surface area contributed by atoms with Crippen LogP contribution in [0.5, 0.6) is 0 Å². The first-order valence-corrected chi connectivity index (χ1v) is 11.0. The monoisotopic (exact) mass is 402 g/mol. The first kappa shape index (κ1) is 22.6. The molecule has 0 unspecified atom stereocenters. The van der Waals surface area contributed by atoms with Crippen LogP contribution in [0.15, 0.2) is 11.6 Å². The third kappa shape index (κ3) is 5.46. The van der Waals surface area contributed by atoms with Crippen molar-refractivity contribution in [1.82, 2.24) is 10.6 Å². The molecule has 2 heterocycles. The van der Waals surface area contributed by atoms with Crippen LogP contribution in [0.1, 0.15) is 40.0 Å². The van der Waals surface area contributed by atoms with Gasteiger partial charge in [-0.1, -0.05) is 32.4 Å². The standard InChI is InChI=1S/C19H34N2O5S/c1-5-6-11-7-8-20-12(9-11)18(25)21-13(10(2)3)17-15(23)14(22)16(24)19(26-17)27-4/h6,10,12-17,19-20,22-24H,5,7-9H2,1-4H3,(H,21,25)/b11-6+/t12-,13+,14-,15+,16+,17+,19+/m0/s1. The van der Waals surface area contributed by atoms with Gasteiger partial charge in [0.25, 0.3) is 0 Å². The van der Waals surface area contributed by atoms with E-state index in [9.17, 15) is 20.1 Å². The summed E-state index contributed by atoms with van der Waals surface area (Å²) in [7, 11) is 0. The number of rotatable bonds is 6. The average molecular weight is 403 g/mol. The lowest BCUT2D eigenvalue weighted by Gasteiger charge is -2.44. The minimum atomic E-state index is -1.31. The number of aliphatic hydroxyl groups is 3. The van der Waals surface area contributed by atoms with Crippen LogP contribution in [0.3, 0.4) is 0 Å². The van der Waals surface area contributed by atoms with E-state index < -0.39 is 35.9 Å². The van der Waals surface area contributed by atoms with Crippen molar-refractivity contribution in [3.05, 3.63) is 11.6 Å². The number of amides is 1. The fourth-order valence-electron chi connectivity index (χ4n) is 3.76. The SMILES string of the molecule is CC/C=C1\CCN[C@H](C(=O)N[C@H](C(C)C)[C@H]2O[C@H](SC)[C@H](O)[C@@H](O)[C@H]2O)C1. The first-order valence-electron chi connectivity index (χ1n) is 9.74.